The van der Waals surface area contributed by atoms with Crippen LogP contribution in [-0.2, 0) is 11.3 Å². The summed E-state index contributed by atoms with van der Waals surface area (Å²) in [5.41, 5.74) is 2.18. The lowest BCUT2D eigenvalue weighted by molar-refractivity contribution is -0.430. The lowest BCUT2D eigenvalue weighted by Gasteiger charge is -2.37. The second-order valence-electron chi connectivity index (χ2n) is 7.96. The van der Waals surface area contributed by atoms with Gasteiger partial charge in [-0.2, -0.15) is 0 Å². The van der Waals surface area contributed by atoms with Gasteiger partial charge in [-0.3, -0.25) is 19.8 Å². The fourth-order valence-electron chi connectivity index (χ4n) is 3.96. The number of fused-ring (bicyclic) bond motifs is 1. The number of hydrogen-bond donors (Lipinski definition) is 1. The number of methoxy groups -OCH3 is 1. The second kappa shape index (κ2) is 9.23. The lowest BCUT2D eigenvalue weighted by atomic mass is 9.93. The maximum atomic E-state index is 12.8. The number of benzene rings is 2. The standard InChI is InChI=1S/C24H25N3O5/c1-16-7-12-20(21(13-16)27(29)30)24-26(14-17-5-3-4-6-22(17)32-24)15-23(28)25-18-8-10-19(31-2)11-9-18/h3-12,16,24H,13-15H2,1-2H3,(H,25,28). The van der Waals surface area contributed by atoms with Gasteiger partial charge in [0.2, 0.25) is 5.91 Å². The highest BCUT2D eigenvalue weighted by atomic mass is 16.6. The van der Waals surface area contributed by atoms with Crippen molar-refractivity contribution in [2.24, 2.45) is 5.92 Å². The van der Waals surface area contributed by atoms with Crippen molar-refractivity contribution in [3.63, 3.8) is 0 Å². The van der Waals surface area contributed by atoms with E-state index in [1.165, 1.54) is 0 Å². The molecular weight excluding hydrogens is 410 g/mol. The summed E-state index contributed by atoms with van der Waals surface area (Å²) >= 11 is 0. The molecule has 0 radical (unpaired) electrons. The number of hydrogen-bond acceptors (Lipinski definition) is 6. The normalized spacial score (nSPS) is 20.3. The van der Waals surface area contributed by atoms with Crippen molar-refractivity contribution < 1.29 is 19.2 Å². The van der Waals surface area contributed by atoms with Gasteiger partial charge in [0, 0.05) is 24.2 Å². The molecule has 0 spiro atoms. The number of carbonyl (C=O) groups excluding carboxylic acids is 1. The molecule has 2 atom stereocenters. The second-order valence-corrected chi connectivity index (χ2v) is 7.96. The summed E-state index contributed by atoms with van der Waals surface area (Å²) in [6, 6.07) is 14.6. The van der Waals surface area contributed by atoms with Crippen LogP contribution < -0.4 is 14.8 Å². The van der Waals surface area contributed by atoms with E-state index in [0.717, 1.165) is 5.56 Å². The summed E-state index contributed by atoms with van der Waals surface area (Å²) in [7, 11) is 1.58. The van der Waals surface area contributed by atoms with Crippen LogP contribution in [0.1, 0.15) is 18.9 Å². The third-order valence-electron chi connectivity index (χ3n) is 5.58. The van der Waals surface area contributed by atoms with Crippen LogP contribution in [-0.4, -0.2) is 35.6 Å². The smallest absolute Gasteiger partial charge is 0.255 e. The number of rotatable bonds is 6. The van der Waals surface area contributed by atoms with E-state index in [1.54, 1.807) is 37.5 Å². The summed E-state index contributed by atoms with van der Waals surface area (Å²) in [5, 5.41) is 14.6. The van der Waals surface area contributed by atoms with Gasteiger partial charge in [-0.15, -0.1) is 0 Å². The molecule has 2 aromatic carbocycles. The SMILES string of the molecule is COc1ccc(NC(=O)CN2Cc3ccccc3OC2C2=C([N+](=O)[O-])CC(C)C=C2)cc1. The molecule has 0 aromatic heterocycles. The van der Waals surface area contributed by atoms with E-state index < -0.39 is 6.23 Å². The van der Waals surface area contributed by atoms with Crippen LogP contribution in [0.3, 0.4) is 0 Å². The van der Waals surface area contributed by atoms with Gasteiger partial charge in [0.25, 0.3) is 5.70 Å². The summed E-state index contributed by atoms with van der Waals surface area (Å²) in [5.74, 6) is 1.20. The van der Waals surface area contributed by atoms with Gasteiger partial charge in [0.1, 0.15) is 11.5 Å². The van der Waals surface area contributed by atoms with E-state index >= 15 is 0 Å². The van der Waals surface area contributed by atoms with Crippen LogP contribution in [0.25, 0.3) is 0 Å². The average molecular weight is 435 g/mol. The van der Waals surface area contributed by atoms with Gasteiger partial charge in [-0.25, -0.2) is 0 Å². The predicted molar refractivity (Wildman–Crippen MR) is 120 cm³/mol. The van der Waals surface area contributed by atoms with Gasteiger partial charge < -0.3 is 14.8 Å². The summed E-state index contributed by atoms with van der Waals surface area (Å²) in [4.78, 5) is 26.1. The molecule has 8 nitrogen and oxygen atoms in total. The van der Waals surface area contributed by atoms with E-state index in [-0.39, 0.29) is 29.0 Å². The Bertz CT molecular complexity index is 1080. The first-order chi connectivity index (χ1) is 15.4. The Hall–Kier alpha value is -3.65. The number of para-hydroxylation sites is 1. The Morgan fingerprint density at radius 3 is 2.72 bits per heavy atom. The highest BCUT2D eigenvalue weighted by molar-refractivity contribution is 5.92. The largest absolute Gasteiger partial charge is 0.497 e. The zero-order chi connectivity index (χ0) is 22.7. The van der Waals surface area contributed by atoms with Crippen LogP contribution in [0.2, 0.25) is 0 Å². The van der Waals surface area contributed by atoms with E-state index in [1.807, 2.05) is 42.2 Å². The first kappa shape index (κ1) is 21.6. The number of anilines is 1. The zero-order valence-electron chi connectivity index (χ0n) is 18.0. The minimum Gasteiger partial charge on any atom is -0.497 e. The molecule has 0 bridgehead atoms. The maximum Gasteiger partial charge on any atom is 0.255 e. The molecule has 0 saturated carbocycles. The molecule has 0 saturated heterocycles. The first-order valence-corrected chi connectivity index (χ1v) is 10.4. The predicted octanol–water partition coefficient (Wildman–Crippen LogP) is 3.98. The van der Waals surface area contributed by atoms with Gasteiger partial charge >= 0.3 is 0 Å². The quantitative estimate of drug-likeness (QED) is 0.545. The first-order valence-electron chi connectivity index (χ1n) is 10.4. The third-order valence-corrected chi connectivity index (χ3v) is 5.58. The number of nitrogens with one attached hydrogen (secondary N) is 1. The molecule has 32 heavy (non-hydrogen) atoms. The van der Waals surface area contributed by atoms with Crippen LogP contribution in [0.15, 0.2) is 72.0 Å². The minimum atomic E-state index is -0.726. The van der Waals surface area contributed by atoms with E-state index in [2.05, 4.69) is 5.32 Å². The van der Waals surface area contributed by atoms with Crippen LogP contribution in [0, 0.1) is 16.0 Å². The third kappa shape index (κ3) is 4.65. The number of allylic oxidation sites excluding steroid dienone is 2. The van der Waals surface area contributed by atoms with Crippen molar-refractivity contribution in [2.45, 2.75) is 26.1 Å². The van der Waals surface area contributed by atoms with Gasteiger partial charge in [0.15, 0.2) is 6.23 Å². The van der Waals surface area contributed by atoms with Crippen molar-refractivity contribution in [1.29, 1.82) is 0 Å². The molecule has 8 heteroatoms. The summed E-state index contributed by atoms with van der Waals surface area (Å²) < 4.78 is 11.3. The number of nitrogens with zero attached hydrogens (tertiary/aromatic N) is 2. The van der Waals surface area contributed by atoms with E-state index in [4.69, 9.17) is 9.47 Å². The molecule has 4 rings (SSSR count). The molecule has 2 aliphatic rings. The molecular formula is C24H25N3O5. The zero-order valence-corrected chi connectivity index (χ0v) is 18.0. The van der Waals surface area contributed by atoms with Gasteiger partial charge in [-0.05, 0) is 36.2 Å². The Kier molecular flexibility index (Phi) is 6.23. The van der Waals surface area contributed by atoms with Crippen molar-refractivity contribution in [2.75, 3.05) is 19.0 Å². The van der Waals surface area contributed by atoms with Crippen molar-refractivity contribution in [1.82, 2.24) is 4.90 Å². The number of ether oxygens (including phenoxy) is 2. The monoisotopic (exact) mass is 435 g/mol. The molecule has 1 aliphatic heterocycles. The summed E-state index contributed by atoms with van der Waals surface area (Å²) in [6.45, 7) is 2.39. The van der Waals surface area contributed by atoms with E-state index in [0.29, 0.717) is 35.7 Å². The Labute approximate surface area is 186 Å². The number of amides is 1. The van der Waals surface area contributed by atoms with Crippen LogP contribution >= 0.6 is 0 Å². The average Bonchev–Trinajstić information content (AvgIpc) is 2.79. The number of nitro groups is 1. The van der Waals surface area contributed by atoms with Gasteiger partial charge in [-0.1, -0.05) is 37.3 Å². The van der Waals surface area contributed by atoms with E-state index in [9.17, 15) is 14.9 Å². The van der Waals surface area contributed by atoms with Crippen LogP contribution in [0.4, 0.5) is 5.69 Å². The minimum absolute atomic E-state index is 0.0168. The molecule has 2 aromatic rings. The van der Waals surface area contributed by atoms with Crippen molar-refractivity contribution >= 4 is 11.6 Å². The Morgan fingerprint density at radius 2 is 2.00 bits per heavy atom. The fraction of sp³-hybridized carbons (Fsp3) is 0.292. The van der Waals surface area contributed by atoms with Crippen LogP contribution in [0.5, 0.6) is 11.5 Å². The highest BCUT2D eigenvalue weighted by Gasteiger charge is 2.37. The Balaban J connectivity index is 1.60. The molecule has 1 aliphatic carbocycles. The lowest BCUT2D eigenvalue weighted by Crippen LogP contribution is -2.47. The maximum absolute atomic E-state index is 12.8. The van der Waals surface area contributed by atoms with Gasteiger partial charge in [0.05, 0.1) is 24.2 Å². The Morgan fingerprint density at radius 1 is 1.25 bits per heavy atom. The topological polar surface area (TPSA) is 93.9 Å². The molecule has 2 unspecified atom stereocenters. The summed E-state index contributed by atoms with van der Waals surface area (Å²) in [6.07, 6.45) is 3.31. The highest BCUT2D eigenvalue weighted by Crippen LogP contribution is 2.35. The molecule has 1 heterocycles. The van der Waals surface area contributed by atoms with Crippen molar-refractivity contribution in [3.8, 4) is 11.5 Å². The molecule has 0 fully saturated rings. The molecule has 166 valence electrons. The molecule has 1 amide bonds. The molecule has 1 N–H and O–H groups in total. The van der Waals surface area contributed by atoms with Crippen molar-refractivity contribution in [3.05, 3.63) is 87.6 Å². The fourth-order valence-corrected chi connectivity index (χ4v) is 3.96. The number of carbonyl (C=O) groups is 1.